The molecule has 49 heavy (non-hydrogen) atoms. The van der Waals surface area contributed by atoms with Crippen LogP contribution in [0, 0.1) is 5.82 Å². The summed E-state index contributed by atoms with van der Waals surface area (Å²) in [7, 11) is -3.79. The lowest BCUT2D eigenvalue weighted by molar-refractivity contribution is 0.0120. The van der Waals surface area contributed by atoms with E-state index in [0.717, 1.165) is 24.7 Å². The molecule has 12 nitrogen and oxygen atoms in total. The standard InChI is InChI=1S/C35H37FN2O10S/c1-22(39)26-5-3-4-23(18-26)21-46-17-16-45-15-14-44-13-12-38(49(2,42)43)30-20-31-29(19-28(30)24-6-7-24)32(34(40)48-35(37)41)33(47-31)25-8-10-27(36)11-9-25/h3-5,8-11,18-20,24H,6-7,12-17,21H2,1-2H3,(H2,37,41). The number of nitrogens with two attached hydrogens (primary N) is 1. The number of carbonyl (C=O) groups excluding carboxylic acids is 3. The maximum absolute atomic E-state index is 13.7. The number of benzene rings is 3. The average molecular weight is 697 g/mol. The number of rotatable bonds is 17. The van der Waals surface area contributed by atoms with Crippen molar-refractivity contribution in [2.24, 2.45) is 5.73 Å². The van der Waals surface area contributed by atoms with E-state index >= 15 is 0 Å². The Labute approximate surface area is 282 Å². The number of hydrogen-bond acceptors (Lipinski definition) is 10. The summed E-state index contributed by atoms with van der Waals surface area (Å²) in [6.07, 6.45) is 1.40. The van der Waals surface area contributed by atoms with Crippen LogP contribution in [-0.4, -0.2) is 72.1 Å². The highest BCUT2D eigenvalue weighted by Crippen LogP contribution is 2.48. The number of primary amides is 1. The van der Waals surface area contributed by atoms with E-state index in [1.807, 2.05) is 12.1 Å². The van der Waals surface area contributed by atoms with Crippen LogP contribution in [0.15, 0.2) is 65.1 Å². The number of sulfonamides is 1. The largest absolute Gasteiger partial charge is 0.455 e. The highest BCUT2D eigenvalue weighted by atomic mass is 32.2. The van der Waals surface area contributed by atoms with Gasteiger partial charge in [-0.1, -0.05) is 18.2 Å². The molecule has 1 heterocycles. The Morgan fingerprint density at radius 3 is 2.24 bits per heavy atom. The van der Waals surface area contributed by atoms with Gasteiger partial charge >= 0.3 is 12.1 Å². The van der Waals surface area contributed by atoms with E-state index in [-0.39, 0.29) is 55.0 Å². The van der Waals surface area contributed by atoms with Gasteiger partial charge in [0.2, 0.25) is 10.0 Å². The molecule has 1 saturated carbocycles. The number of Topliss-reactive ketones (excluding diaryl/α,β-unsaturated/α-hetero) is 1. The molecule has 3 aromatic carbocycles. The van der Waals surface area contributed by atoms with Crippen molar-refractivity contribution in [3.05, 3.63) is 88.7 Å². The van der Waals surface area contributed by atoms with E-state index in [1.54, 1.807) is 18.2 Å². The summed E-state index contributed by atoms with van der Waals surface area (Å²) in [5.74, 6) is -1.52. The van der Waals surface area contributed by atoms with Crippen LogP contribution < -0.4 is 10.0 Å². The summed E-state index contributed by atoms with van der Waals surface area (Å²) in [4.78, 5) is 36.1. The van der Waals surface area contributed by atoms with Gasteiger partial charge in [0.05, 0.1) is 58.1 Å². The minimum Gasteiger partial charge on any atom is -0.455 e. The van der Waals surface area contributed by atoms with Crippen molar-refractivity contribution in [1.82, 2.24) is 0 Å². The van der Waals surface area contributed by atoms with Crippen LogP contribution in [-0.2, 0) is 35.6 Å². The number of ketones is 1. The molecule has 1 aliphatic rings. The van der Waals surface area contributed by atoms with Crippen molar-refractivity contribution in [2.45, 2.75) is 32.3 Å². The minimum absolute atomic E-state index is 0.00536. The van der Waals surface area contributed by atoms with Crippen molar-refractivity contribution >= 4 is 44.5 Å². The van der Waals surface area contributed by atoms with Crippen LogP contribution >= 0.6 is 0 Å². The average Bonchev–Trinajstić information content (AvgIpc) is 3.82. The molecule has 1 fully saturated rings. The predicted octanol–water partition coefficient (Wildman–Crippen LogP) is 5.57. The van der Waals surface area contributed by atoms with E-state index in [0.29, 0.717) is 47.6 Å². The van der Waals surface area contributed by atoms with Crippen LogP contribution in [0.4, 0.5) is 14.9 Å². The number of halogens is 1. The van der Waals surface area contributed by atoms with Crippen molar-refractivity contribution in [2.75, 3.05) is 50.1 Å². The second-order valence-electron chi connectivity index (χ2n) is 11.6. The predicted molar refractivity (Wildman–Crippen MR) is 179 cm³/mol. The molecule has 2 N–H and O–H groups in total. The van der Waals surface area contributed by atoms with Gasteiger partial charge in [0.25, 0.3) is 0 Å². The molecular formula is C35H37FN2O10S. The van der Waals surface area contributed by atoms with Gasteiger partial charge in [-0.25, -0.2) is 22.4 Å². The van der Waals surface area contributed by atoms with Gasteiger partial charge in [-0.2, -0.15) is 0 Å². The number of anilines is 1. The van der Waals surface area contributed by atoms with Crippen molar-refractivity contribution in [3.63, 3.8) is 0 Å². The highest BCUT2D eigenvalue weighted by Gasteiger charge is 2.33. The van der Waals surface area contributed by atoms with Crippen LogP contribution in [0.25, 0.3) is 22.3 Å². The van der Waals surface area contributed by atoms with Crippen molar-refractivity contribution in [3.8, 4) is 11.3 Å². The van der Waals surface area contributed by atoms with E-state index in [4.69, 9.17) is 29.1 Å². The second-order valence-corrected chi connectivity index (χ2v) is 13.5. The quantitative estimate of drug-likeness (QED) is 0.0639. The third kappa shape index (κ3) is 9.29. The Hall–Kier alpha value is -4.63. The normalized spacial score (nSPS) is 13.0. The molecule has 0 atom stereocenters. The first kappa shape index (κ1) is 35.7. The lowest BCUT2D eigenvalue weighted by Crippen LogP contribution is -2.34. The maximum Gasteiger partial charge on any atom is 0.412 e. The van der Waals surface area contributed by atoms with Crippen LogP contribution in [0.5, 0.6) is 0 Å². The molecule has 1 amide bonds. The molecule has 260 valence electrons. The Bertz CT molecular complexity index is 1940. The fourth-order valence-electron chi connectivity index (χ4n) is 5.36. The number of fused-ring (bicyclic) bond motifs is 1. The third-order valence-corrected chi connectivity index (χ3v) is 8.99. The van der Waals surface area contributed by atoms with Crippen LogP contribution in [0.3, 0.4) is 0 Å². The Kier molecular flexibility index (Phi) is 11.4. The summed E-state index contributed by atoms with van der Waals surface area (Å²) < 4.78 is 68.7. The van der Waals surface area contributed by atoms with Crippen molar-refractivity contribution < 1.29 is 50.6 Å². The lowest BCUT2D eigenvalue weighted by Gasteiger charge is -2.25. The summed E-state index contributed by atoms with van der Waals surface area (Å²) in [6, 6.07) is 15.6. The SMILES string of the molecule is CC(=O)c1cccc(COCCOCCOCCN(c2cc3oc(-c4ccc(F)cc4)c(C(=O)OC(N)=O)c3cc2C2CC2)S(C)(=O)=O)c1. The number of amides is 1. The van der Waals surface area contributed by atoms with Gasteiger partial charge in [-0.05, 0) is 73.2 Å². The summed E-state index contributed by atoms with van der Waals surface area (Å²) >= 11 is 0. The molecule has 0 spiro atoms. The first-order valence-corrected chi connectivity index (χ1v) is 17.5. The number of hydrogen-bond donors (Lipinski definition) is 1. The summed E-state index contributed by atoms with van der Waals surface area (Å²) in [6.45, 7) is 3.08. The van der Waals surface area contributed by atoms with Gasteiger partial charge in [0, 0.05) is 22.6 Å². The zero-order valence-electron chi connectivity index (χ0n) is 27.1. The lowest BCUT2D eigenvalue weighted by atomic mass is 10.0. The number of furan rings is 1. The van der Waals surface area contributed by atoms with Gasteiger partial charge < -0.3 is 29.1 Å². The second kappa shape index (κ2) is 15.7. The number of carbonyl (C=O) groups is 3. The van der Waals surface area contributed by atoms with Crippen molar-refractivity contribution in [1.29, 1.82) is 0 Å². The van der Waals surface area contributed by atoms with Gasteiger partial charge in [-0.3, -0.25) is 9.10 Å². The highest BCUT2D eigenvalue weighted by molar-refractivity contribution is 7.92. The molecule has 0 unspecified atom stereocenters. The topological polar surface area (TPSA) is 165 Å². The van der Waals surface area contributed by atoms with E-state index in [1.165, 1.54) is 41.6 Å². The third-order valence-electron chi connectivity index (χ3n) is 7.81. The summed E-state index contributed by atoms with van der Waals surface area (Å²) in [5.41, 5.74) is 8.09. The number of esters is 1. The zero-order chi connectivity index (χ0) is 35.1. The monoisotopic (exact) mass is 696 g/mol. The van der Waals surface area contributed by atoms with Gasteiger partial charge in [0.1, 0.15) is 22.7 Å². The van der Waals surface area contributed by atoms with E-state index in [2.05, 4.69) is 0 Å². The Morgan fingerprint density at radius 1 is 0.939 bits per heavy atom. The molecule has 4 aromatic rings. The maximum atomic E-state index is 13.7. The first-order chi connectivity index (χ1) is 23.4. The molecule has 1 aliphatic carbocycles. The Balaban J connectivity index is 1.24. The molecule has 0 bridgehead atoms. The molecular weight excluding hydrogens is 659 g/mol. The fourth-order valence-corrected chi connectivity index (χ4v) is 6.28. The molecule has 0 aliphatic heterocycles. The van der Waals surface area contributed by atoms with Crippen LogP contribution in [0.2, 0.25) is 0 Å². The molecule has 0 saturated heterocycles. The Morgan fingerprint density at radius 2 is 1.61 bits per heavy atom. The zero-order valence-corrected chi connectivity index (χ0v) is 27.9. The molecule has 0 radical (unpaired) electrons. The molecule has 14 heteroatoms. The minimum atomic E-state index is -3.79. The number of ether oxygens (including phenoxy) is 4. The smallest absolute Gasteiger partial charge is 0.412 e. The van der Waals surface area contributed by atoms with Crippen LogP contribution in [0.1, 0.15) is 57.5 Å². The van der Waals surface area contributed by atoms with E-state index < -0.39 is 27.9 Å². The fraction of sp³-hybridized carbons (Fsp3) is 0.343. The summed E-state index contributed by atoms with van der Waals surface area (Å²) in [5, 5.41) is 0.298. The molecule has 1 aromatic heterocycles. The van der Waals surface area contributed by atoms with Gasteiger partial charge in [-0.15, -0.1) is 0 Å². The van der Waals surface area contributed by atoms with E-state index in [9.17, 15) is 27.2 Å². The van der Waals surface area contributed by atoms with Gasteiger partial charge in [0.15, 0.2) is 5.78 Å². The number of nitrogens with zero attached hydrogens (tertiary/aromatic N) is 1. The molecule has 5 rings (SSSR count). The first-order valence-electron chi connectivity index (χ1n) is 15.6.